The largest absolute Gasteiger partial charge is 0.493 e. The van der Waals surface area contributed by atoms with Gasteiger partial charge in [-0.15, -0.1) is 0 Å². The van der Waals surface area contributed by atoms with Gasteiger partial charge in [0.15, 0.2) is 11.5 Å². The first-order valence-corrected chi connectivity index (χ1v) is 9.68. The number of hydrogen-bond donors (Lipinski definition) is 1. The minimum Gasteiger partial charge on any atom is -0.493 e. The zero-order chi connectivity index (χ0) is 21.7. The number of hydrogen-bond acceptors (Lipinski definition) is 6. The van der Waals surface area contributed by atoms with Gasteiger partial charge in [0.1, 0.15) is 6.54 Å². The minimum absolute atomic E-state index is 0.229. The number of aromatic nitrogens is 2. The van der Waals surface area contributed by atoms with E-state index in [-0.39, 0.29) is 12.5 Å². The second-order valence-corrected chi connectivity index (χ2v) is 7.10. The first-order chi connectivity index (χ1) is 14.4. The van der Waals surface area contributed by atoms with Crippen LogP contribution in [0.15, 0.2) is 57.8 Å². The van der Waals surface area contributed by atoms with Gasteiger partial charge in [0.25, 0.3) is 5.56 Å². The molecule has 0 atom stereocenters. The highest BCUT2D eigenvalue weighted by Crippen LogP contribution is 2.40. The molecule has 0 aliphatic carbocycles. The van der Waals surface area contributed by atoms with Crippen molar-refractivity contribution >= 4 is 27.5 Å². The van der Waals surface area contributed by atoms with Crippen LogP contribution in [0.2, 0.25) is 0 Å². The highest BCUT2D eigenvalue weighted by Gasteiger charge is 2.16. The predicted octanol–water partition coefficient (Wildman–Crippen LogP) is 3.34. The lowest BCUT2D eigenvalue weighted by atomic mass is 10.1. The van der Waals surface area contributed by atoms with Crippen LogP contribution in [0.1, 0.15) is 0 Å². The van der Waals surface area contributed by atoms with E-state index in [0.717, 1.165) is 9.15 Å². The van der Waals surface area contributed by atoms with E-state index >= 15 is 0 Å². The molecule has 0 aliphatic rings. The summed E-state index contributed by atoms with van der Waals surface area (Å²) in [5, 5.41) is 7.07. The van der Waals surface area contributed by atoms with Crippen LogP contribution in [0, 0.1) is 0 Å². The third-order valence-corrected chi connectivity index (χ3v) is 4.78. The quantitative estimate of drug-likeness (QED) is 0.565. The average molecular weight is 474 g/mol. The van der Waals surface area contributed by atoms with Crippen LogP contribution in [0.5, 0.6) is 17.2 Å². The lowest BCUT2D eigenvalue weighted by Gasteiger charge is -2.14. The lowest BCUT2D eigenvalue weighted by molar-refractivity contribution is -0.117. The predicted molar refractivity (Wildman–Crippen MR) is 116 cm³/mol. The van der Waals surface area contributed by atoms with Crippen LogP contribution < -0.4 is 25.1 Å². The van der Waals surface area contributed by atoms with E-state index in [1.807, 2.05) is 12.1 Å². The normalized spacial score (nSPS) is 10.4. The molecule has 9 heteroatoms. The van der Waals surface area contributed by atoms with Crippen molar-refractivity contribution < 1.29 is 19.0 Å². The fourth-order valence-corrected chi connectivity index (χ4v) is 3.08. The number of methoxy groups -OCH3 is 3. The van der Waals surface area contributed by atoms with Crippen molar-refractivity contribution in [2.75, 3.05) is 26.6 Å². The van der Waals surface area contributed by atoms with Crippen molar-refractivity contribution in [3.63, 3.8) is 0 Å². The molecule has 1 amide bonds. The number of halogens is 1. The SMILES string of the molecule is COc1cc(-c2ccc(=O)n(CC(=O)Nc3ccc(Br)cc3)n2)cc(OC)c1OC. The Hall–Kier alpha value is -3.33. The minimum atomic E-state index is -0.392. The van der Waals surface area contributed by atoms with Crippen LogP contribution in [-0.4, -0.2) is 37.0 Å². The Morgan fingerprint density at radius 2 is 1.63 bits per heavy atom. The maximum atomic E-state index is 12.4. The maximum Gasteiger partial charge on any atom is 0.267 e. The molecule has 30 heavy (non-hydrogen) atoms. The first kappa shape index (κ1) is 21.4. The zero-order valence-electron chi connectivity index (χ0n) is 16.6. The third kappa shape index (κ3) is 4.80. The number of carbonyl (C=O) groups is 1. The van der Waals surface area contributed by atoms with E-state index in [2.05, 4.69) is 26.3 Å². The molecular formula is C21H20BrN3O5. The van der Waals surface area contributed by atoms with Gasteiger partial charge in [-0.05, 0) is 42.5 Å². The molecule has 1 heterocycles. The van der Waals surface area contributed by atoms with Crippen molar-refractivity contribution in [2.45, 2.75) is 6.54 Å². The second kappa shape index (κ2) is 9.45. The van der Waals surface area contributed by atoms with Gasteiger partial charge in [-0.25, -0.2) is 4.68 Å². The summed E-state index contributed by atoms with van der Waals surface area (Å²) >= 11 is 3.34. The number of anilines is 1. The van der Waals surface area contributed by atoms with Crippen LogP contribution in [-0.2, 0) is 11.3 Å². The van der Waals surface area contributed by atoms with Crippen LogP contribution in [0.25, 0.3) is 11.3 Å². The molecule has 3 aromatic rings. The van der Waals surface area contributed by atoms with Gasteiger partial charge in [0.05, 0.1) is 27.0 Å². The molecule has 0 saturated heterocycles. The van der Waals surface area contributed by atoms with Gasteiger partial charge >= 0.3 is 0 Å². The van der Waals surface area contributed by atoms with Crippen molar-refractivity contribution in [1.82, 2.24) is 9.78 Å². The van der Waals surface area contributed by atoms with Crippen molar-refractivity contribution in [2.24, 2.45) is 0 Å². The molecular weight excluding hydrogens is 454 g/mol. The van der Waals surface area contributed by atoms with E-state index in [1.54, 1.807) is 30.3 Å². The number of nitrogens with zero attached hydrogens (tertiary/aromatic N) is 2. The highest BCUT2D eigenvalue weighted by atomic mass is 79.9. The number of nitrogens with one attached hydrogen (secondary N) is 1. The topological polar surface area (TPSA) is 91.7 Å². The van der Waals surface area contributed by atoms with Crippen molar-refractivity contribution in [1.29, 1.82) is 0 Å². The van der Waals surface area contributed by atoms with Crippen LogP contribution in [0.4, 0.5) is 5.69 Å². The smallest absolute Gasteiger partial charge is 0.267 e. The summed E-state index contributed by atoms with van der Waals surface area (Å²) in [6.07, 6.45) is 0. The maximum absolute atomic E-state index is 12.4. The summed E-state index contributed by atoms with van der Waals surface area (Å²) in [5.74, 6) is 0.999. The van der Waals surface area contributed by atoms with Gasteiger partial charge in [-0.3, -0.25) is 9.59 Å². The van der Waals surface area contributed by atoms with Crippen LogP contribution >= 0.6 is 15.9 Å². The van der Waals surface area contributed by atoms with Gasteiger partial charge in [0, 0.05) is 21.8 Å². The van der Waals surface area contributed by atoms with E-state index in [9.17, 15) is 9.59 Å². The number of ether oxygens (including phenoxy) is 3. The fraction of sp³-hybridized carbons (Fsp3) is 0.190. The third-order valence-electron chi connectivity index (χ3n) is 4.25. The number of amides is 1. The summed E-state index contributed by atoms with van der Waals surface area (Å²) in [4.78, 5) is 24.6. The summed E-state index contributed by atoms with van der Waals surface area (Å²) in [7, 11) is 4.55. The Kier molecular flexibility index (Phi) is 6.73. The van der Waals surface area contributed by atoms with Gasteiger partial charge < -0.3 is 19.5 Å². The number of rotatable bonds is 7. The monoisotopic (exact) mass is 473 g/mol. The van der Waals surface area contributed by atoms with E-state index in [1.165, 1.54) is 27.4 Å². The van der Waals surface area contributed by atoms with E-state index < -0.39 is 5.56 Å². The molecule has 0 fully saturated rings. The summed E-state index contributed by atoms with van der Waals surface area (Å²) < 4.78 is 18.1. The Labute approximate surface area is 181 Å². The molecule has 1 aromatic heterocycles. The van der Waals surface area contributed by atoms with Gasteiger partial charge in [0.2, 0.25) is 11.7 Å². The second-order valence-electron chi connectivity index (χ2n) is 6.18. The molecule has 2 aromatic carbocycles. The van der Waals surface area contributed by atoms with E-state index in [0.29, 0.717) is 34.2 Å². The van der Waals surface area contributed by atoms with E-state index in [4.69, 9.17) is 14.2 Å². The average Bonchev–Trinajstić information content (AvgIpc) is 2.75. The Morgan fingerprint density at radius 3 is 2.20 bits per heavy atom. The molecule has 0 aliphatic heterocycles. The fourth-order valence-electron chi connectivity index (χ4n) is 2.81. The van der Waals surface area contributed by atoms with Crippen molar-refractivity contribution in [3.8, 4) is 28.5 Å². The lowest BCUT2D eigenvalue weighted by Crippen LogP contribution is -2.29. The standard InChI is InChI=1S/C21H20BrN3O5/c1-28-17-10-13(11-18(29-2)21(17)30-3)16-8-9-20(27)25(24-16)12-19(26)23-15-6-4-14(22)5-7-15/h4-11H,12H2,1-3H3,(H,23,26). The van der Waals surface area contributed by atoms with Crippen LogP contribution in [0.3, 0.4) is 0 Å². The number of benzene rings is 2. The molecule has 0 spiro atoms. The Bertz CT molecular complexity index is 1090. The Balaban J connectivity index is 1.89. The molecule has 1 N–H and O–H groups in total. The molecule has 0 radical (unpaired) electrons. The van der Waals surface area contributed by atoms with Gasteiger partial charge in [-0.2, -0.15) is 5.10 Å². The summed E-state index contributed by atoms with van der Waals surface area (Å²) in [6, 6.07) is 13.5. The summed E-state index contributed by atoms with van der Waals surface area (Å²) in [5.41, 5.74) is 1.35. The Morgan fingerprint density at radius 1 is 1.00 bits per heavy atom. The zero-order valence-corrected chi connectivity index (χ0v) is 18.2. The molecule has 0 bridgehead atoms. The molecule has 0 saturated carbocycles. The highest BCUT2D eigenvalue weighted by molar-refractivity contribution is 9.10. The molecule has 156 valence electrons. The molecule has 3 rings (SSSR count). The van der Waals surface area contributed by atoms with Gasteiger partial charge in [-0.1, -0.05) is 15.9 Å². The summed E-state index contributed by atoms with van der Waals surface area (Å²) in [6.45, 7) is -0.229. The molecule has 8 nitrogen and oxygen atoms in total. The van der Waals surface area contributed by atoms with Crippen molar-refractivity contribution in [3.05, 3.63) is 63.4 Å². The number of carbonyl (C=O) groups excluding carboxylic acids is 1. The first-order valence-electron chi connectivity index (χ1n) is 8.89. The molecule has 0 unspecified atom stereocenters.